The average molecular weight is 693 g/mol. The van der Waals surface area contributed by atoms with Crippen molar-refractivity contribution in [3.63, 3.8) is 0 Å². The van der Waals surface area contributed by atoms with Crippen LogP contribution in [-0.2, 0) is 6.54 Å². The van der Waals surface area contributed by atoms with Gasteiger partial charge in [0.15, 0.2) is 0 Å². The molecule has 51 heavy (non-hydrogen) atoms. The number of nitrogens with one attached hydrogen (secondary N) is 1. The van der Waals surface area contributed by atoms with Gasteiger partial charge in [-0.25, -0.2) is 0 Å². The van der Waals surface area contributed by atoms with Gasteiger partial charge in [0.25, 0.3) is 5.91 Å². The van der Waals surface area contributed by atoms with Crippen LogP contribution in [0.1, 0.15) is 82.4 Å². The van der Waals surface area contributed by atoms with E-state index >= 15 is 0 Å². The minimum Gasteiger partial charge on any atom is -0.507 e. The van der Waals surface area contributed by atoms with Crippen LogP contribution in [0.5, 0.6) is 23.0 Å². The molecule has 5 aromatic rings. The SMILES string of the molecule is CC.CCCN(CCC(C)CC)CC(C)Cn1c(C)c(C)c2cc(Oc3cccc(C(=O)Nc4cc(O)c(-c5ccncc5)c(O)c4)c3)ccc21. The summed E-state index contributed by atoms with van der Waals surface area (Å²) in [6.07, 6.45) is 6.81. The minimum absolute atomic E-state index is 0.154. The van der Waals surface area contributed by atoms with E-state index in [1.54, 1.807) is 42.7 Å². The molecule has 8 heteroatoms. The summed E-state index contributed by atoms with van der Waals surface area (Å²) < 4.78 is 8.72. The number of pyridine rings is 1. The van der Waals surface area contributed by atoms with Crippen LogP contribution in [0.25, 0.3) is 22.0 Å². The van der Waals surface area contributed by atoms with Gasteiger partial charge in [-0.3, -0.25) is 9.78 Å². The van der Waals surface area contributed by atoms with Gasteiger partial charge in [-0.2, -0.15) is 0 Å². The lowest BCUT2D eigenvalue weighted by Gasteiger charge is -2.27. The van der Waals surface area contributed by atoms with E-state index in [9.17, 15) is 15.0 Å². The largest absolute Gasteiger partial charge is 0.507 e. The zero-order valence-electron chi connectivity index (χ0n) is 31.7. The summed E-state index contributed by atoms with van der Waals surface area (Å²) in [6, 6.07) is 19.4. The number of phenols is 2. The number of aromatic nitrogens is 2. The maximum Gasteiger partial charge on any atom is 0.255 e. The monoisotopic (exact) mass is 692 g/mol. The van der Waals surface area contributed by atoms with Crippen molar-refractivity contribution in [1.29, 1.82) is 0 Å². The number of carbonyl (C=O) groups excluding carboxylic acids is 1. The molecular weight excluding hydrogens is 636 g/mol. The van der Waals surface area contributed by atoms with Gasteiger partial charge in [-0.05, 0) is 111 Å². The van der Waals surface area contributed by atoms with Gasteiger partial charge in [0.2, 0.25) is 0 Å². The predicted molar refractivity (Wildman–Crippen MR) is 210 cm³/mol. The number of phenolic OH excluding ortho intramolecular Hbond substituents is 2. The second-order valence-electron chi connectivity index (χ2n) is 13.4. The van der Waals surface area contributed by atoms with Gasteiger partial charge in [0, 0.05) is 65.5 Å². The highest BCUT2D eigenvalue weighted by Gasteiger charge is 2.18. The van der Waals surface area contributed by atoms with E-state index < -0.39 is 5.91 Å². The molecule has 8 nitrogen and oxygen atoms in total. The summed E-state index contributed by atoms with van der Waals surface area (Å²) in [7, 11) is 0. The fourth-order valence-corrected chi connectivity index (χ4v) is 6.49. The molecule has 0 fully saturated rings. The second kappa shape index (κ2) is 18.4. The smallest absolute Gasteiger partial charge is 0.255 e. The first kappa shape index (κ1) is 39.0. The van der Waals surface area contributed by atoms with E-state index in [1.807, 2.05) is 26.0 Å². The Labute approximate surface area is 304 Å². The van der Waals surface area contributed by atoms with E-state index in [2.05, 4.69) is 73.4 Å². The number of fused-ring (bicyclic) bond motifs is 1. The highest BCUT2D eigenvalue weighted by molar-refractivity contribution is 6.05. The molecule has 3 aromatic carbocycles. The Morgan fingerprint density at radius 3 is 2.25 bits per heavy atom. The number of aromatic hydroxyl groups is 2. The molecule has 0 saturated heterocycles. The van der Waals surface area contributed by atoms with E-state index in [0.717, 1.165) is 37.5 Å². The normalized spacial score (nSPS) is 12.3. The fraction of sp³-hybridized carbons (Fsp3) is 0.395. The van der Waals surface area contributed by atoms with Crippen LogP contribution in [0.15, 0.2) is 79.1 Å². The first-order chi connectivity index (χ1) is 24.6. The van der Waals surface area contributed by atoms with Crippen molar-refractivity contribution in [2.45, 2.75) is 81.2 Å². The maximum absolute atomic E-state index is 13.2. The fourth-order valence-electron chi connectivity index (χ4n) is 6.49. The number of ether oxygens (including phenoxy) is 1. The Bertz CT molecular complexity index is 1860. The number of carbonyl (C=O) groups is 1. The Hall–Kier alpha value is -4.82. The molecule has 2 unspecified atom stereocenters. The predicted octanol–water partition coefficient (Wildman–Crippen LogP) is 10.6. The van der Waals surface area contributed by atoms with Gasteiger partial charge in [0.1, 0.15) is 23.0 Å². The van der Waals surface area contributed by atoms with Crippen molar-refractivity contribution in [2.75, 3.05) is 25.0 Å². The molecule has 5 rings (SSSR count). The topological polar surface area (TPSA) is 99.9 Å². The summed E-state index contributed by atoms with van der Waals surface area (Å²) in [5, 5.41) is 25.2. The lowest BCUT2D eigenvalue weighted by Crippen LogP contribution is -2.32. The van der Waals surface area contributed by atoms with E-state index in [-0.39, 0.29) is 22.7 Å². The molecule has 0 aliphatic carbocycles. The quantitative estimate of drug-likeness (QED) is 0.101. The molecule has 0 spiro atoms. The lowest BCUT2D eigenvalue weighted by molar-refractivity contribution is 0.102. The van der Waals surface area contributed by atoms with Crippen LogP contribution in [0.2, 0.25) is 0 Å². The zero-order chi connectivity index (χ0) is 37.1. The molecule has 3 N–H and O–H groups in total. The number of aryl methyl sites for hydroxylation is 1. The molecule has 2 aromatic heterocycles. The van der Waals surface area contributed by atoms with Crippen LogP contribution in [0, 0.1) is 25.7 Å². The van der Waals surface area contributed by atoms with Crippen molar-refractivity contribution in [1.82, 2.24) is 14.5 Å². The molecule has 0 radical (unpaired) electrons. The molecule has 0 aliphatic rings. The number of anilines is 1. The number of rotatable bonds is 15. The highest BCUT2D eigenvalue weighted by atomic mass is 16.5. The Balaban J connectivity index is 0.00000286. The number of benzene rings is 3. The summed E-state index contributed by atoms with van der Waals surface area (Å²) in [5.41, 5.74) is 5.24. The van der Waals surface area contributed by atoms with Gasteiger partial charge >= 0.3 is 0 Å². The lowest BCUT2D eigenvalue weighted by atomic mass is 10.0. The highest BCUT2D eigenvalue weighted by Crippen LogP contribution is 2.40. The first-order valence-corrected chi connectivity index (χ1v) is 18.4. The summed E-state index contributed by atoms with van der Waals surface area (Å²) in [6.45, 7) is 22.0. The van der Waals surface area contributed by atoms with Gasteiger partial charge in [-0.1, -0.05) is 54.0 Å². The van der Waals surface area contributed by atoms with E-state index in [0.29, 0.717) is 28.5 Å². The molecule has 1 amide bonds. The third-order valence-electron chi connectivity index (χ3n) is 9.50. The van der Waals surface area contributed by atoms with Crippen molar-refractivity contribution >= 4 is 22.5 Å². The van der Waals surface area contributed by atoms with E-state index in [1.165, 1.54) is 48.2 Å². The average Bonchev–Trinajstić information content (AvgIpc) is 3.35. The molecule has 0 saturated carbocycles. The summed E-state index contributed by atoms with van der Waals surface area (Å²) in [5.74, 6) is 1.79. The van der Waals surface area contributed by atoms with Crippen LogP contribution in [0.4, 0.5) is 5.69 Å². The Morgan fingerprint density at radius 2 is 1.59 bits per heavy atom. The Kier molecular flexibility index (Phi) is 14.1. The molecule has 0 bridgehead atoms. The van der Waals surface area contributed by atoms with Crippen LogP contribution < -0.4 is 10.1 Å². The third-order valence-corrected chi connectivity index (χ3v) is 9.50. The van der Waals surface area contributed by atoms with Crippen molar-refractivity contribution < 1.29 is 19.7 Å². The number of amides is 1. The Morgan fingerprint density at radius 1 is 0.902 bits per heavy atom. The van der Waals surface area contributed by atoms with Crippen LogP contribution in [-0.4, -0.2) is 50.2 Å². The third kappa shape index (κ3) is 9.91. The molecule has 2 heterocycles. The number of nitrogens with zero attached hydrogens (tertiary/aromatic N) is 3. The first-order valence-electron chi connectivity index (χ1n) is 18.4. The van der Waals surface area contributed by atoms with Crippen LogP contribution >= 0.6 is 0 Å². The van der Waals surface area contributed by atoms with E-state index in [4.69, 9.17) is 4.74 Å². The van der Waals surface area contributed by atoms with Gasteiger partial charge < -0.3 is 29.7 Å². The summed E-state index contributed by atoms with van der Waals surface area (Å²) >= 11 is 0. The zero-order valence-corrected chi connectivity index (χ0v) is 31.7. The van der Waals surface area contributed by atoms with Crippen LogP contribution in [0.3, 0.4) is 0 Å². The van der Waals surface area contributed by atoms with Crippen molar-refractivity contribution in [3.05, 3.63) is 95.9 Å². The maximum atomic E-state index is 13.2. The van der Waals surface area contributed by atoms with Gasteiger partial charge in [-0.15, -0.1) is 0 Å². The molecule has 272 valence electrons. The minimum atomic E-state index is -0.397. The molecule has 0 aliphatic heterocycles. The molecule has 2 atom stereocenters. The summed E-state index contributed by atoms with van der Waals surface area (Å²) in [4.78, 5) is 19.8. The van der Waals surface area contributed by atoms with Crippen molar-refractivity contribution in [2.24, 2.45) is 11.8 Å². The van der Waals surface area contributed by atoms with Crippen molar-refractivity contribution in [3.8, 4) is 34.1 Å². The standard InChI is InChI=1S/C41H50N4O4.C2H6/c1-7-19-44(20-16-27(3)8-2)25-28(4)26-45-30(6)29(5)36-24-35(12-13-37(36)45)49-34-11-9-10-32(21-34)41(48)43-33-22-38(46)40(39(47)23-33)31-14-17-42-18-15-31;1-2/h9-15,17-18,21-24,27-28,46-47H,7-8,16,19-20,25-26H2,1-6H3,(H,43,48);1-2H3. The number of hydrogen-bond acceptors (Lipinski definition) is 6. The number of hydrogen-bond donors (Lipinski definition) is 3. The second-order valence-corrected chi connectivity index (χ2v) is 13.4. The van der Waals surface area contributed by atoms with Gasteiger partial charge in [0.05, 0.1) is 5.56 Å². The molecular formula is C43H56N4O4.